The molecule has 0 fully saturated rings. The molecule has 1 atom stereocenters. The lowest BCUT2D eigenvalue weighted by atomic mass is 9.99. The van der Waals surface area contributed by atoms with Crippen LogP contribution in [0.4, 0.5) is 0 Å². The number of pyridine rings is 1. The molecule has 0 bridgehead atoms. The first-order valence-corrected chi connectivity index (χ1v) is 7.15. The second-order valence-electron chi connectivity index (χ2n) is 5.20. The molecule has 6 heteroatoms. The second-order valence-corrected chi connectivity index (χ2v) is 5.63. The molecule has 1 N–H and O–H groups in total. The maximum atomic E-state index is 12.7. The van der Waals surface area contributed by atoms with E-state index in [1.807, 2.05) is 0 Å². The molecule has 1 aromatic carbocycles. The quantitative estimate of drug-likeness (QED) is 0.926. The summed E-state index contributed by atoms with van der Waals surface area (Å²) >= 11 is 5.93. The van der Waals surface area contributed by atoms with E-state index in [0.29, 0.717) is 21.9 Å². The number of nitrogens with zero attached hydrogens (tertiary/aromatic N) is 3. The Kier molecular flexibility index (Phi) is 3.68. The number of rotatable bonds is 2. The van der Waals surface area contributed by atoms with Gasteiger partial charge in [-0.2, -0.15) is 10.1 Å². The van der Waals surface area contributed by atoms with Crippen molar-refractivity contribution in [1.82, 2.24) is 9.99 Å². The molecule has 3 rings (SSSR count). The number of benzene rings is 1. The largest absolute Gasteiger partial charge is 0.365 e. The molecule has 112 valence electrons. The molecule has 2 heterocycles. The van der Waals surface area contributed by atoms with Crippen LogP contribution in [0.15, 0.2) is 53.9 Å². The van der Waals surface area contributed by atoms with Crippen LogP contribution in [0.5, 0.6) is 0 Å². The van der Waals surface area contributed by atoms with Gasteiger partial charge in [-0.3, -0.25) is 9.78 Å². The van der Waals surface area contributed by atoms with E-state index in [2.05, 4.69) is 10.1 Å². The standard InChI is InChI=1S/C16H14ClN3O2/c1-11-9-16(22,13-5-3-7-18-10-13)20(19-11)15(21)12-4-2-6-14(17)8-12/h2-8,10,22H,9H2,1H3/t16-/m0/s1. The fourth-order valence-electron chi connectivity index (χ4n) is 2.50. The van der Waals surface area contributed by atoms with Crippen molar-refractivity contribution >= 4 is 23.2 Å². The fourth-order valence-corrected chi connectivity index (χ4v) is 2.69. The zero-order valence-corrected chi connectivity index (χ0v) is 12.7. The molecule has 1 aliphatic rings. The molecule has 2 aromatic rings. The van der Waals surface area contributed by atoms with Crippen molar-refractivity contribution in [3.05, 3.63) is 64.9 Å². The summed E-state index contributed by atoms with van der Waals surface area (Å²) in [6.45, 7) is 1.77. The average Bonchev–Trinajstić information content (AvgIpc) is 2.83. The van der Waals surface area contributed by atoms with E-state index >= 15 is 0 Å². The van der Waals surface area contributed by atoms with Gasteiger partial charge in [0.05, 0.1) is 0 Å². The first-order chi connectivity index (χ1) is 10.5. The Labute approximate surface area is 132 Å². The van der Waals surface area contributed by atoms with Crippen molar-refractivity contribution in [2.75, 3.05) is 0 Å². The van der Waals surface area contributed by atoms with Gasteiger partial charge in [0.1, 0.15) is 0 Å². The van der Waals surface area contributed by atoms with Crippen LogP contribution in [0.2, 0.25) is 5.02 Å². The Hall–Kier alpha value is -2.24. The lowest BCUT2D eigenvalue weighted by Crippen LogP contribution is -2.43. The van der Waals surface area contributed by atoms with Gasteiger partial charge in [0.25, 0.3) is 5.91 Å². The molecule has 0 radical (unpaired) electrons. The average molecular weight is 316 g/mol. The third-order valence-corrected chi connectivity index (χ3v) is 3.75. The van der Waals surface area contributed by atoms with Crippen LogP contribution in [0.3, 0.4) is 0 Å². The summed E-state index contributed by atoms with van der Waals surface area (Å²) < 4.78 is 0. The number of carbonyl (C=O) groups excluding carboxylic acids is 1. The van der Waals surface area contributed by atoms with Gasteiger partial charge < -0.3 is 5.11 Å². The lowest BCUT2D eigenvalue weighted by molar-refractivity contribution is -0.0767. The van der Waals surface area contributed by atoms with Gasteiger partial charge in [0.15, 0.2) is 5.72 Å². The first kappa shape index (κ1) is 14.7. The summed E-state index contributed by atoms with van der Waals surface area (Å²) in [5.41, 5.74) is 0.0264. The van der Waals surface area contributed by atoms with E-state index in [0.717, 1.165) is 5.01 Å². The summed E-state index contributed by atoms with van der Waals surface area (Å²) in [5, 5.41) is 16.8. The highest BCUT2D eigenvalue weighted by Gasteiger charge is 2.45. The van der Waals surface area contributed by atoms with Crippen molar-refractivity contribution in [1.29, 1.82) is 0 Å². The predicted octanol–water partition coefficient (Wildman–Crippen LogP) is 2.80. The van der Waals surface area contributed by atoms with Crippen molar-refractivity contribution in [2.45, 2.75) is 19.1 Å². The van der Waals surface area contributed by atoms with Crippen LogP contribution in [0.1, 0.15) is 29.3 Å². The molecular formula is C16H14ClN3O2. The van der Waals surface area contributed by atoms with E-state index in [1.165, 1.54) is 6.20 Å². The normalized spacial score (nSPS) is 20.9. The predicted molar refractivity (Wildman–Crippen MR) is 83.5 cm³/mol. The minimum Gasteiger partial charge on any atom is -0.365 e. The van der Waals surface area contributed by atoms with E-state index in [1.54, 1.807) is 49.5 Å². The van der Waals surface area contributed by atoms with Crippen LogP contribution in [-0.4, -0.2) is 26.7 Å². The molecule has 0 spiro atoms. The van der Waals surface area contributed by atoms with Gasteiger partial charge in [-0.1, -0.05) is 23.7 Å². The molecule has 0 aliphatic carbocycles. The summed E-state index contributed by atoms with van der Waals surface area (Å²) in [7, 11) is 0. The SMILES string of the molecule is CC1=NN(C(=O)c2cccc(Cl)c2)[C@@](O)(c2cccnc2)C1. The van der Waals surface area contributed by atoms with Crippen LogP contribution in [-0.2, 0) is 5.72 Å². The third-order valence-electron chi connectivity index (χ3n) is 3.51. The maximum Gasteiger partial charge on any atom is 0.276 e. The number of amides is 1. The van der Waals surface area contributed by atoms with Crippen molar-refractivity contribution in [2.24, 2.45) is 5.10 Å². The van der Waals surface area contributed by atoms with Gasteiger partial charge in [-0.15, -0.1) is 0 Å². The number of carbonyl (C=O) groups is 1. The Balaban J connectivity index is 2.02. The summed E-state index contributed by atoms with van der Waals surface area (Å²) in [6.07, 6.45) is 3.38. The smallest absolute Gasteiger partial charge is 0.276 e. The minimum atomic E-state index is -1.53. The summed E-state index contributed by atoms with van der Waals surface area (Å²) in [4.78, 5) is 16.7. The zero-order valence-electron chi connectivity index (χ0n) is 11.9. The highest BCUT2D eigenvalue weighted by atomic mass is 35.5. The lowest BCUT2D eigenvalue weighted by Gasteiger charge is -2.31. The van der Waals surface area contributed by atoms with Gasteiger partial charge in [-0.05, 0) is 31.2 Å². The van der Waals surface area contributed by atoms with E-state index < -0.39 is 11.6 Å². The molecule has 1 amide bonds. The van der Waals surface area contributed by atoms with E-state index in [9.17, 15) is 9.90 Å². The van der Waals surface area contributed by atoms with Gasteiger partial charge in [0.2, 0.25) is 0 Å². The molecular weight excluding hydrogens is 302 g/mol. The number of hydrazone groups is 1. The van der Waals surface area contributed by atoms with E-state index in [4.69, 9.17) is 11.6 Å². The van der Waals surface area contributed by atoms with Crippen LogP contribution in [0, 0.1) is 0 Å². The Morgan fingerprint density at radius 1 is 1.36 bits per heavy atom. The third kappa shape index (κ3) is 2.49. The van der Waals surface area contributed by atoms with Crippen molar-refractivity contribution in [3.8, 4) is 0 Å². The van der Waals surface area contributed by atoms with Gasteiger partial charge >= 0.3 is 0 Å². The van der Waals surface area contributed by atoms with Crippen LogP contribution < -0.4 is 0 Å². The van der Waals surface area contributed by atoms with Crippen molar-refractivity contribution in [3.63, 3.8) is 0 Å². The number of aromatic nitrogens is 1. The Morgan fingerprint density at radius 2 is 2.18 bits per heavy atom. The fraction of sp³-hybridized carbons (Fsp3) is 0.188. The number of halogens is 1. The van der Waals surface area contributed by atoms with Crippen LogP contribution in [0.25, 0.3) is 0 Å². The molecule has 0 saturated heterocycles. The van der Waals surface area contributed by atoms with Crippen molar-refractivity contribution < 1.29 is 9.90 Å². The second kappa shape index (κ2) is 5.51. The van der Waals surface area contributed by atoms with Gasteiger partial charge in [-0.25, -0.2) is 0 Å². The van der Waals surface area contributed by atoms with Crippen LogP contribution >= 0.6 is 11.6 Å². The highest BCUT2D eigenvalue weighted by Crippen LogP contribution is 2.36. The Bertz CT molecular complexity index is 748. The molecule has 0 saturated carbocycles. The maximum absolute atomic E-state index is 12.7. The molecule has 1 aliphatic heterocycles. The van der Waals surface area contributed by atoms with Gasteiger partial charge in [0, 0.05) is 40.7 Å². The molecule has 5 nitrogen and oxygen atoms in total. The highest BCUT2D eigenvalue weighted by molar-refractivity contribution is 6.31. The Morgan fingerprint density at radius 3 is 2.86 bits per heavy atom. The summed E-state index contributed by atoms with van der Waals surface area (Å²) in [6, 6.07) is 10.00. The first-order valence-electron chi connectivity index (χ1n) is 6.78. The summed E-state index contributed by atoms with van der Waals surface area (Å²) in [5.74, 6) is -0.411. The molecule has 0 unspecified atom stereocenters. The number of hydrogen-bond acceptors (Lipinski definition) is 4. The number of aliphatic hydroxyl groups is 1. The monoisotopic (exact) mass is 315 g/mol. The minimum absolute atomic E-state index is 0.241. The number of hydrogen-bond donors (Lipinski definition) is 1. The van der Waals surface area contributed by atoms with E-state index in [-0.39, 0.29) is 6.42 Å². The topological polar surface area (TPSA) is 65.8 Å². The zero-order chi connectivity index (χ0) is 15.7. The molecule has 22 heavy (non-hydrogen) atoms. The molecule has 1 aromatic heterocycles.